The van der Waals surface area contributed by atoms with Gasteiger partial charge in [0.05, 0.1) is 12.6 Å². The van der Waals surface area contributed by atoms with Gasteiger partial charge in [-0.3, -0.25) is 4.90 Å². The Hall–Kier alpha value is -2.45. The van der Waals surface area contributed by atoms with E-state index in [9.17, 15) is 0 Å². The monoisotopic (exact) mass is 332 g/mol. The minimum Gasteiger partial charge on any atom is -0.272 e. The maximum absolute atomic E-state index is 3.49. The van der Waals surface area contributed by atoms with E-state index < -0.39 is 0 Å². The van der Waals surface area contributed by atoms with Crippen LogP contribution < -0.4 is 9.89 Å². The summed E-state index contributed by atoms with van der Waals surface area (Å²) < 4.78 is 0. The number of hydrogen-bond donors (Lipinski definition) is 2. The van der Waals surface area contributed by atoms with E-state index in [1.54, 1.807) is 0 Å². The molecule has 1 unspecified atom stereocenters. The van der Waals surface area contributed by atoms with Gasteiger partial charge in [-0.05, 0) is 43.5 Å². The van der Waals surface area contributed by atoms with E-state index in [2.05, 4.69) is 91.9 Å². The molecule has 0 heterocycles. The second-order valence-electron chi connectivity index (χ2n) is 6.55. The molecule has 2 heteroatoms. The first-order chi connectivity index (χ1) is 12.3. The Labute approximate surface area is 151 Å². The summed E-state index contributed by atoms with van der Waals surface area (Å²) in [6, 6.07) is 17.3. The largest absolute Gasteiger partial charge is 0.272 e. The van der Waals surface area contributed by atoms with E-state index in [-0.39, 0.29) is 0 Å². The van der Waals surface area contributed by atoms with Crippen LogP contribution in [0.3, 0.4) is 0 Å². The second-order valence-corrected chi connectivity index (χ2v) is 6.55. The Balaban J connectivity index is 2.00. The molecule has 1 atom stereocenters. The fourth-order valence-electron chi connectivity index (χ4n) is 3.39. The van der Waals surface area contributed by atoms with Gasteiger partial charge in [-0.2, -0.15) is 0 Å². The highest BCUT2D eigenvalue weighted by Crippen LogP contribution is 2.19. The molecule has 0 saturated heterocycles. The van der Waals surface area contributed by atoms with Crippen molar-refractivity contribution in [1.82, 2.24) is 0 Å². The van der Waals surface area contributed by atoms with Crippen molar-refractivity contribution in [2.45, 2.75) is 32.6 Å². The third kappa shape index (κ3) is 4.34. The first-order valence-corrected chi connectivity index (χ1v) is 9.27. The Morgan fingerprint density at radius 2 is 1.88 bits per heavy atom. The van der Waals surface area contributed by atoms with E-state index in [1.165, 1.54) is 33.1 Å². The minimum absolute atomic E-state index is 1.10. The Kier molecular flexibility index (Phi) is 5.97. The van der Waals surface area contributed by atoms with Crippen LogP contribution in [0, 0.1) is 0 Å². The molecule has 2 N–H and O–H groups in total. The second kappa shape index (κ2) is 8.59. The molecule has 0 aliphatic heterocycles. The zero-order chi connectivity index (χ0) is 17.5. The summed E-state index contributed by atoms with van der Waals surface area (Å²) in [7, 11) is 2.24. The predicted octanol–water partition coefficient (Wildman–Crippen LogP) is 2.85. The Morgan fingerprint density at radius 1 is 1.04 bits per heavy atom. The van der Waals surface area contributed by atoms with Gasteiger partial charge in [-0.1, -0.05) is 49.8 Å². The standard InChI is InChI=1S/C23H26N2/c1-3-11-19-12-10-13-20(18-24-21-14-6-4-7-15-21)23(19)25(2)22-16-8-5-9-17-22/h5-6,8-10,12-18H,3-4,7,11H2,1-2H3/p+2. The van der Waals surface area contributed by atoms with Crippen LogP contribution in [0.2, 0.25) is 0 Å². The maximum atomic E-state index is 3.49. The lowest BCUT2D eigenvalue weighted by Crippen LogP contribution is -2.99. The van der Waals surface area contributed by atoms with Crippen molar-refractivity contribution in [2.75, 3.05) is 7.05 Å². The molecular weight excluding hydrogens is 304 g/mol. The molecule has 2 nitrogen and oxygen atoms in total. The van der Waals surface area contributed by atoms with E-state index in [1.807, 2.05) is 0 Å². The highest BCUT2D eigenvalue weighted by Gasteiger charge is 2.19. The van der Waals surface area contributed by atoms with Crippen molar-refractivity contribution in [3.8, 4) is 0 Å². The van der Waals surface area contributed by atoms with Crippen molar-refractivity contribution in [2.24, 2.45) is 0 Å². The van der Waals surface area contributed by atoms with Gasteiger partial charge >= 0.3 is 0 Å². The summed E-state index contributed by atoms with van der Waals surface area (Å²) in [6.45, 7) is 2.24. The molecule has 1 aliphatic carbocycles. The molecule has 1 aliphatic rings. The summed E-state index contributed by atoms with van der Waals surface area (Å²) >= 11 is 0. The van der Waals surface area contributed by atoms with Crippen molar-refractivity contribution >= 4 is 17.6 Å². The lowest BCUT2D eigenvalue weighted by molar-refractivity contribution is -0.735. The van der Waals surface area contributed by atoms with Crippen molar-refractivity contribution in [1.29, 1.82) is 0 Å². The molecule has 0 bridgehead atoms. The molecule has 2 aromatic carbocycles. The van der Waals surface area contributed by atoms with Gasteiger partial charge in [0.25, 0.3) is 0 Å². The van der Waals surface area contributed by atoms with Gasteiger partial charge in [0.15, 0.2) is 17.6 Å². The summed E-state index contributed by atoms with van der Waals surface area (Å²) in [5, 5.41) is 0. The van der Waals surface area contributed by atoms with Gasteiger partial charge in [0.1, 0.15) is 5.69 Å². The Bertz CT molecular complexity index is 785. The zero-order valence-corrected chi connectivity index (χ0v) is 15.3. The maximum Gasteiger partial charge on any atom is 0.199 e. The highest BCUT2D eigenvalue weighted by molar-refractivity contribution is 5.83. The molecule has 0 fully saturated rings. The zero-order valence-electron chi connectivity index (χ0n) is 15.3. The Morgan fingerprint density at radius 3 is 2.60 bits per heavy atom. The number of para-hydroxylation sites is 2. The van der Waals surface area contributed by atoms with Crippen LogP contribution in [0.1, 0.15) is 37.3 Å². The van der Waals surface area contributed by atoms with Crippen LogP contribution >= 0.6 is 0 Å². The number of hydrogen-bond acceptors (Lipinski definition) is 0. The lowest BCUT2D eigenvalue weighted by Gasteiger charge is -2.18. The number of quaternary nitrogens is 1. The topological polar surface area (TPSA) is 18.4 Å². The van der Waals surface area contributed by atoms with Gasteiger partial charge in [0, 0.05) is 11.6 Å². The molecule has 0 amide bonds. The van der Waals surface area contributed by atoms with Crippen LogP contribution in [-0.2, 0) is 6.42 Å². The molecule has 0 aromatic heterocycles. The molecular formula is C23H28N2+2. The van der Waals surface area contributed by atoms with Crippen molar-refractivity contribution in [3.05, 3.63) is 83.6 Å². The van der Waals surface area contributed by atoms with E-state index in [0.29, 0.717) is 0 Å². The van der Waals surface area contributed by atoms with Crippen LogP contribution in [0.25, 0.3) is 0 Å². The van der Waals surface area contributed by atoms with Gasteiger partial charge in [-0.15, -0.1) is 0 Å². The average Bonchev–Trinajstić information content (AvgIpc) is 2.68. The molecule has 0 radical (unpaired) electrons. The van der Waals surface area contributed by atoms with Crippen molar-refractivity contribution in [3.63, 3.8) is 0 Å². The minimum atomic E-state index is 1.10. The third-order valence-electron chi connectivity index (χ3n) is 4.67. The number of benzene rings is 2. The molecule has 0 saturated carbocycles. The average molecular weight is 332 g/mol. The molecule has 128 valence electrons. The number of nitrogens with one attached hydrogen (secondary N) is 2. The summed E-state index contributed by atoms with van der Waals surface area (Å²) in [6.07, 6.45) is 13.3. The summed E-state index contributed by atoms with van der Waals surface area (Å²) in [4.78, 5) is 4.83. The van der Waals surface area contributed by atoms with Crippen molar-refractivity contribution < 1.29 is 9.89 Å². The molecule has 3 rings (SSSR count). The molecule has 2 aromatic rings. The summed E-state index contributed by atoms with van der Waals surface area (Å²) in [5.41, 5.74) is 6.52. The van der Waals surface area contributed by atoms with Crippen LogP contribution in [0.15, 0.2) is 72.5 Å². The normalized spacial score (nSPS) is 15.4. The predicted molar refractivity (Wildman–Crippen MR) is 106 cm³/mol. The van der Waals surface area contributed by atoms with Crippen LogP contribution in [0.5, 0.6) is 0 Å². The fourth-order valence-corrected chi connectivity index (χ4v) is 3.39. The number of aryl methyl sites for hydroxylation is 1. The number of allylic oxidation sites excluding steroid dienone is 3. The van der Waals surface area contributed by atoms with Crippen LogP contribution in [-0.4, -0.2) is 13.3 Å². The lowest BCUT2D eigenvalue weighted by atomic mass is 10.0. The van der Waals surface area contributed by atoms with E-state index in [0.717, 1.165) is 25.7 Å². The van der Waals surface area contributed by atoms with Gasteiger partial charge in [-0.25, -0.2) is 4.99 Å². The number of rotatable bonds is 6. The first-order valence-electron chi connectivity index (χ1n) is 9.27. The SMILES string of the molecule is CCCc1cccc(C=[NH+]C2=CCCC=C2)c1[NH+](C)c1ccccc1. The first kappa shape index (κ1) is 17.4. The van der Waals surface area contributed by atoms with E-state index >= 15 is 0 Å². The van der Waals surface area contributed by atoms with E-state index in [4.69, 9.17) is 0 Å². The molecule has 0 spiro atoms. The van der Waals surface area contributed by atoms with Gasteiger partial charge < -0.3 is 0 Å². The highest BCUT2D eigenvalue weighted by atomic mass is 15.1. The van der Waals surface area contributed by atoms with Gasteiger partial charge in [0.2, 0.25) is 0 Å². The molecule has 25 heavy (non-hydrogen) atoms. The smallest absolute Gasteiger partial charge is 0.199 e. The quantitative estimate of drug-likeness (QED) is 0.758. The fraction of sp³-hybridized carbons (Fsp3) is 0.261. The third-order valence-corrected chi connectivity index (χ3v) is 4.67. The van der Waals surface area contributed by atoms with Crippen LogP contribution in [0.4, 0.5) is 11.4 Å². The summed E-state index contributed by atoms with van der Waals surface area (Å²) in [5.74, 6) is 0.